The first-order valence-electron chi connectivity index (χ1n) is 5.18. The van der Waals surface area contributed by atoms with Gasteiger partial charge >= 0.3 is 0 Å². The van der Waals surface area contributed by atoms with Crippen LogP contribution in [0.1, 0.15) is 30.5 Å². The van der Waals surface area contributed by atoms with Gasteiger partial charge in [-0.3, -0.25) is 8.74 Å². The van der Waals surface area contributed by atoms with Crippen molar-refractivity contribution in [3.63, 3.8) is 0 Å². The zero-order valence-corrected chi connectivity index (χ0v) is 11.1. The van der Waals surface area contributed by atoms with Gasteiger partial charge < -0.3 is 0 Å². The molecule has 0 bridgehead atoms. The van der Waals surface area contributed by atoms with Gasteiger partial charge in [0.25, 0.3) is 9.05 Å². The Kier molecular flexibility index (Phi) is 4.86. The Morgan fingerprint density at radius 2 is 2.00 bits per heavy atom. The molecule has 5 heteroatoms. The van der Waals surface area contributed by atoms with Gasteiger partial charge in [0.1, 0.15) is 0 Å². The van der Waals surface area contributed by atoms with Gasteiger partial charge in [-0.15, -0.1) is 0 Å². The fraction of sp³-hybridized carbons (Fsp3) is 0.455. The van der Waals surface area contributed by atoms with E-state index in [1.54, 1.807) is 0 Å². The van der Waals surface area contributed by atoms with Crippen LogP contribution in [0.15, 0.2) is 18.2 Å². The third kappa shape index (κ3) is 4.17. The third-order valence-electron chi connectivity index (χ3n) is 2.42. The lowest BCUT2D eigenvalue weighted by atomic mass is 10.0. The fourth-order valence-electron chi connectivity index (χ4n) is 1.52. The van der Waals surface area contributed by atoms with Crippen molar-refractivity contribution >= 4 is 20.2 Å². The molecule has 0 aliphatic carbocycles. The lowest BCUT2D eigenvalue weighted by Crippen LogP contribution is -2.04. The van der Waals surface area contributed by atoms with Crippen LogP contribution in [0.25, 0.3) is 0 Å². The number of aryl methyl sites for hydroxylation is 2. The Bertz CT molecular complexity index is 452. The third-order valence-corrected chi connectivity index (χ3v) is 3.13. The van der Waals surface area contributed by atoms with Crippen LogP contribution in [0.3, 0.4) is 0 Å². The van der Waals surface area contributed by atoms with Gasteiger partial charge in [-0.25, -0.2) is 0 Å². The van der Waals surface area contributed by atoms with Crippen molar-refractivity contribution < 1.29 is 12.9 Å². The minimum absolute atomic E-state index is 0.0931. The molecule has 1 N–H and O–H groups in total. The quantitative estimate of drug-likeness (QED) is 0.883. The van der Waals surface area contributed by atoms with E-state index in [4.69, 9.17) is 8.74 Å². The predicted molar refractivity (Wildman–Crippen MR) is 68.1 cm³/mol. The monoisotopic (exact) mass is 260 g/mol. The van der Waals surface area contributed by atoms with Crippen molar-refractivity contribution in [1.82, 2.24) is 0 Å². The Balaban J connectivity index is 2.91. The molecule has 1 aromatic carbocycles. The minimum atomic E-state index is -3.53. The van der Waals surface area contributed by atoms with Crippen molar-refractivity contribution in [2.45, 2.75) is 33.3 Å². The molecule has 1 rings (SSSR count). The summed E-state index contributed by atoms with van der Waals surface area (Å²) in [7, 11) is -3.53. The molecule has 0 fully saturated rings. The maximum absolute atomic E-state index is 10.9. The van der Waals surface area contributed by atoms with E-state index in [-0.39, 0.29) is 6.61 Å². The molecule has 1 unspecified atom stereocenters. The minimum Gasteiger partial charge on any atom is -0.285 e. The number of hydrogen-bond donors (Lipinski definition) is 1. The van der Waals surface area contributed by atoms with Gasteiger partial charge in [0.05, 0.1) is 6.61 Å². The van der Waals surface area contributed by atoms with Crippen molar-refractivity contribution in [2.24, 2.45) is 0 Å². The highest BCUT2D eigenvalue weighted by Gasteiger charge is 2.06. The second-order valence-electron chi connectivity index (χ2n) is 3.50. The molecule has 0 saturated carbocycles. The van der Waals surface area contributed by atoms with Crippen molar-refractivity contribution in [2.75, 3.05) is 0 Å². The normalized spacial score (nSPS) is 14.7. The average Bonchev–Trinajstić information content (AvgIpc) is 2.25. The molecule has 16 heavy (non-hydrogen) atoms. The van der Waals surface area contributed by atoms with Crippen molar-refractivity contribution in [3.8, 4) is 0 Å². The largest absolute Gasteiger partial charge is 0.285 e. The van der Waals surface area contributed by atoms with Crippen molar-refractivity contribution in [1.29, 1.82) is 0 Å². The van der Waals surface area contributed by atoms with Crippen LogP contribution in [0.2, 0.25) is 0 Å². The second kappa shape index (κ2) is 5.72. The summed E-state index contributed by atoms with van der Waals surface area (Å²) in [6.07, 6.45) is 1.80. The van der Waals surface area contributed by atoms with Gasteiger partial charge in [0.2, 0.25) is 0 Å². The Hall–Kier alpha value is -0.490. The molecule has 0 aliphatic heterocycles. The molecule has 0 spiro atoms. The first kappa shape index (κ1) is 13.6. The number of hydrogen-bond acceptors (Lipinski definition) is 3. The molecule has 90 valence electrons. The van der Waals surface area contributed by atoms with Crippen LogP contribution in [-0.4, -0.2) is 8.76 Å². The Labute approximate surface area is 102 Å². The van der Waals surface area contributed by atoms with Gasteiger partial charge in [-0.1, -0.05) is 32.0 Å². The summed E-state index contributed by atoms with van der Waals surface area (Å²) >= 11 is 4.29. The van der Waals surface area contributed by atoms with Gasteiger partial charge in [0.15, 0.2) is 0 Å². The van der Waals surface area contributed by atoms with E-state index in [0.29, 0.717) is 0 Å². The molecule has 0 heterocycles. The molecule has 0 saturated heterocycles. The Morgan fingerprint density at radius 3 is 2.50 bits per heavy atom. The van der Waals surface area contributed by atoms with E-state index in [1.165, 1.54) is 5.56 Å². The van der Waals surface area contributed by atoms with E-state index >= 15 is 0 Å². The van der Waals surface area contributed by atoms with Gasteiger partial charge in [-0.05, 0) is 29.5 Å². The van der Waals surface area contributed by atoms with Gasteiger partial charge in [-0.2, -0.15) is 4.21 Å². The van der Waals surface area contributed by atoms with Crippen LogP contribution in [0.4, 0.5) is 0 Å². The molecule has 1 aromatic rings. The maximum Gasteiger partial charge on any atom is 0.266 e. The van der Waals surface area contributed by atoms with E-state index in [2.05, 4.69) is 24.2 Å². The zero-order valence-electron chi connectivity index (χ0n) is 9.43. The van der Waals surface area contributed by atoms with Gasteiger partial charge in [0, 0.05) is 11.2 Å². The van der Waals surface area contributed by atoms with Crippen LogP contribution >= 0.6 is 0 Å². The maximum atomic E-state index is 10.9. The summed E-state index contributed by atoms with van der Waals surface area (Å²) in [6.45, 7) is 4.19. The fourth-order valence-corrected chi connectivity index (χ4v) is 1.94. The second-order valence-corrected chi connectivity index (χ2v) is 5.85. The van der Waals surface area contributed by atoms with Crippen molar-refractivity contribution in [3.05, 3.63) is 34.9 Å². The lowest BCUT2D eigenvalue weighted by Gasteiger charge is -2.09. The molecule has 0 aliphatic rings. The summed E-state index contributed by atoms with van der Waals surface area (Å²) in [6, 6.07) is 6.09. The summed E-state index contributed by atoms with van der Waals surface area (Å²) in [5.74, 6) is 0. The number of rotatable bonds is 5. The molecular formula is C11H16O3S2. The SMILES string of the molecule is CCc1ccc(CC)c(COS(=O)(O)=S)c1. The zero-order chi connectivity index (χ0) is 12.2. The van der Waals surface area contributed by atoms with Crippen LogP contribution in [-0.2, 0) is 43.9 Å². The lowest BCUT2D eigenvalue weighted by molar-refractivity contribution is 0.293. The predicted octanol–water partition coefficient (Wildman–Crippen LogP) is 2.46. The van der Waals surface area contributed by atoms with E-state index < -0.39 is 9.05 Å². The summed E-state index contributed by atoms with van der Waals surface area (Å²) in [5.41, 5.74) is 3.24. The van der Waals surface area contributed by atoms with E-state index in [9.17, 15) is 4.21 Å². The number of benzene rings is 1. The summed E-state index contributed by atoms with van der Waals surface area (Å²) < 4.78 is 24.5. The Morgan fingerprint density at radius 1 is 1.31 bits per heavy atom. The highest BCUT2D eigenvalue weighted by Crippen LogP contribution is 2.15. The molecule has 1 atom stereocenters. The first-order valence-corrected chi connectivity index (χ1v) is 7.55. The molecule has 0 radical (unpaired) electrons. The standard InChI is InChI=1S/C11H16O3S2/c1-3-9-5-6-10(4-2)11(7-9)8-14-16(12,13)15/h5-7H,3-4,8H2,1-2H3,(H,12,13,15). The highest BCUT2D eigenvalue weighted by molar-refractivity contribution is 8.27. The molecular weight excluding hydrogens is 244 g/mol. The molecule has 3 nitrogen and oxygen atoms in total. The van der Waals surface area contributed by atoms with E-state index in [0.717, 1.165) is 24.0 Å². The molecule has 0 aromatic heterocycles. The molecule has 0 amide bonds. The van der Waals surface area contributed by atoms with Crippen LogP contribution in [0, 0.1) is 0 Å². The topological polar surface area (TPSA) is 46.5 Å². The van der Waals surface area contributed by atoms with Crippen LogP contribution in [0.5, 0.6) is 0 Å². The summed E-state index contributed by atoms with van der Waals surface area (Å²) in [5, 5.41) is 0. The summed E-state index contributed by atoms with van der Waals surface area (Å²) in [4.78, 5) is 0. The van der Waals surface area contributed by atoms with E-state index in [1.807, 2.05) is 19.1 Å². The van der Waals surface area contributed by atoms with Crippen LogP contribution < -0.4 is 0 Å². The smallest absolute Gasteiger partial charge is 0.266 e. The highest BCUT2D eigenvalue weighted by atomic mass is 32.9. The first-order chi connectivity index (χ1) is 7.46. The average molecular weight is 260 g/mol.